The van der Waals surface area contributed by atoms with E-state index in [4.69, 9.17) is 4.74 Å². The quantitative estimate of drug-likeness (QED) is 0.746. The molecule has 4 heteroatoms. The van der Waals surface area contributed by atoms with Crippen molar-refractivity contribution in [1.82, 2.24) is 10.3 Å². The molecule has 0 radical (unpaired) electrons. The monoisotopic (exact) mass is 298 g/mol. The van der Waals surface area contributed by atoms with Crippen LogP contribution in [0.25, 0.3) is 10.8 Å². The highest BCUT2D eigenvalue weighted by Crippen LogP contribution is 2.32. The number of ether oxygens (including phenoxy) is 1. The van der Waals surface area contributed by atoms with Crippen LogP contribution < -0.4 is 10.1 Å². The van der Waals surface area contributed by atoms with Gasteiger partial charge in [-0.25, -0.2) is 0 Å². The molecule has 0 amide bonds. The number of rotatable bonds is 6. The van der Waals surface area contributed by atoms with Gasteiger partial charge in [-0.1, -0.05) is 18.2 Å². The third kappa shape index (κ3) is 3.23. The summed E-state index contributed by atoms with van der Waals surface area (Å²) in [5, 5.41) is 7.50. The van der Waals surface area contributed by atoms with Gasteiger partial charge in [0.05, 0.1) is 0 Å². The van der Waals surface area contributed by atoms with E-state index in [1.54, 1.807) is 11.3 Å². The molecule has 0 spiro atoms. The molecule has 0 aliphatic heterocycles. The molecule has 0 fully saturated rings. The van der Waals surface area contributed by atoms with Crippen molar-refractivity contribution < 1.29 is 4.74 Å². The lowest BCUT2D eigenvalue weighted by molar-refractivity contribution is 0.201. The molecule has 1 aromatic carbocycles. The van der Waals surface area contributed by atoms with E-state index in [9.17, 15) is 0 Å². The van der Waals surface area contributed by atoms with Crippen molar-refractivity contribution in [1.29, 1.82) is 0 Å². The topological polar surface area (TPSA) is 34.1 Å². The number of fused-ring (bicyclic) bond motifs is 1. The van der Waals surface area contributed by atoms with Gasteiger partial charge in [-0.15, -0.1) is 11.3 Å². The first kappa shape index (κ1) is 14.0. The zero-order valence-electron chi connectivity index (χ0n) is 12.0. The van der Waals surface area contributed by atoms with E-state index in [2.05, 4.69) is 33.9 Å². The van der Waals surface area contributed by atoms with Gasteiger partial charge in [0, 0.05) is 29.1 Å². The first-order valence-electron chi connectivity index (χ1n) is 7.06. The number of pyridine rings is 1. The molecule has 1 atom stereocenters. The molecule has 21 heavy (non-hydrogen) atoms. The molecule has 0 aliphatic rings. The molecule has 0 bridgehead atoms. The molecule has 3 rings (SSSR count). The second-order valence-corrected chi connectivity index (χ2v) is 5.85. The zero-order valence-corrected chi connectivity index (χ0v) is 12.8. The van der Waals surface area contributed by atoms with E-state index >= 15 is 0 Å². The largest absolute Gasteiger partial charge is 0.484 e. The molecule has 0 unspecified atom stereocenters. The molecule has 0 aliphatic carbocycles. The van der Waals surface area contributed by atoms with Crippen LogP contribution in [0.1, 0.15) is 17.4 Å². The van der Waals surface area contributed by atoms with E-state index < -0.39 is 0 Å². The predicted molar refractivity (Wildman–Crippen MR) is 88.0 cm³/mol. The number of aromatic nitrogens is 1. The van der Waals surface area contributed by atoms with Crippen LogP contribution in [0.2, 0.25) is 0 Å². The summed E-state index contributed by atoms with van der Waals surface area (Å²) in [6.07, 6.45) is 4.69. The Morgan fingerprint density at radius 2 is 2.19 bits per heavy atom. The van der Waals surface area contributed by atoms with Crippen molar-refractivity contribution in [2.24, 2.45) is 0 Å². The van der Waals surface area contributed by atoms with Gasteiger partial charge in [0.15, 0.2) is 0 Å². The lowest BCUT2D eigenvalue weighted by Gasteiger charge is -2.19. The lowest BCUT2D eigenvalue weighted by Crippen LogP contribution is -2.15. The van der Waals surface area contributed by atoms with Gasteiger partial charge < -0.3 is 10.1 Å². The van der Waals surface area contributed by atoms with Crippen molar-refractivity contribution in [3.63, 3.8) is 0 Å². The third-order valence-corrected chi connectivity index (χ3v) is 4.39. The minimum absolute atomic E-state index is 0.0725. The summed E-state index contributed by atoms with van der Waals surface area (Å²) in [7, 11) is 1.97. The SMILES string of the molecule is CNCC[C@@H](Oc1cccc2ccncc12)c1cccs1. The summed E-state index contributed by atoms with van der Waals surface area (Å²) in [6, 6.07) is 12.3. The minimum atomic E-state index is 0.0725. The van der Waals surface area contributed by atoms with Crippen LogP contribution in [0.5, 0.6) is 5.75 Å². The Morgan fingerprint density at radius 1 is 1.24 bits per heavy atom. The van der Waals surface area contributed by atoms with Crippen molar-refractivity contribution in [2.75, 3.05) is 13.6 Å². The molecule has 2 heterocycles. The first-order chi connectivity index (χ1) is 10.4. The van der Waals surface area contributed by atoms with Gasteiger partial charge in [-0.3, -0.25) is 4.98 Å². The Morgan fingerprint density at radius 3 is 3.00 bits per heavy atom. The second kappa shape index (κ2) is 6.70. The normalized spacial score (nSPS) is 12.4. The predicted octanol–water partition coefficient (Wildman–Crippen LogP) is 4.03. The second-order valence-electron chi connectivity index (χ2n) is 4.87. The molecular weight excluding hydrogens is 280 g/mol. The van der Waals surface area contributed by atoms with Gasteiger partial charge in [-0.05, 0) is 42.6 Å². The fraction of sp³-hybridized carbons (Fsp3) is 0.235. The van der Waals surface area contributed by atoms with Crippen LogP contribution in [0.3, 0.4) is 0 Å². The summed E-state index contributed by atoms with van der Waals surface area (Å²) < 4.78 is 6.30. The molecule has 108 valence electrons. The average molecular weight is 298 g/mol. The molecule has 0 saturated carbocycles. The summed E-state index contributed by atoms with van der Waals surface area (Å²) >= 11 is 1.74. The number of thiophene rings is 1. The Balaban J connectivity index is 1.90. The summed E-state index contributed by atoms with van der Waals surface area (Å²) in [4.78, 5) is 5.47. The average Bonchev–Trinajstić information content (AvgIpc) is 3.06. The molecule has 2 aromatic heterocycles. The highest BCUT2D eigenvalue weighted by Gasteiger charge is 2.15. The van der Waals surface area contributed by atoms with E-state index in [-0.39, 0.29) is 6.10 Å². The van der Waals surface area contributed by atoms with Crippen molar-refractivity contribution >= 4 is 22.1 Å². The Bertz CT molecular complexity index is 692. The van der Waals surface area contributed by atoms with E-state index in [1.165, 1.54) is 4.88 Å². The number of nitrogens with zero attached hydrogens (tertiary/aromatic N) is 1. The van der Waals surface area contributed by atoms with Gasteiger partial charge in [-0.2, -0.15) is 0 Å². The van der Waals surface area contributed by atoms with Gasteiger partial charge >= 0.3 is 0 Å². The van der Waals surface area contributed by atoms with E-state index in [1.807, 2.05) is 37.6 Å². The van der Waals surface area contributed by atoms with Crippen molar-refractivity contribution in [3.05, 3.63) is 59.0 Å². The maximum atomic E-state index is 6.30. The van der Waals surface area contributed by atoms with Crippen LogP contribution in [-0.2, 0) is 0 Å². The molecule has 3 aromatic rings. The summed E-state index contributed by atoms with van der Waals surface area (Å²) in [5.41, 5.74) is 0. The van der Waals surface area contributed by atoms with Crippen LogP contribution in [0.15, 0.2) is 54.2 Å². The van der Waals surface area contributed by atoms with Crippen LogP contribution in [0, 0.1) is 0 Å². The molecule has 3 nitrogen and oxygen atoms in total. The van der Waals surface area contributed by atoms with Crippen LogP contribution in [-0.4, -0.2) is 18.6 Å². The molecular formula is C17H18N2OS. The zero-order chi connectivity index (χ0) is 14.5. The Labute approximate surface area is 128 Å². The van der Waals surface area contributed by atoms with Crippen molar-refractivity contribution in [2.45, 2.75) is 12.5 Å². The third-order valence-electron chi connectivity index (χ3n) is 3.43. The highest BCUT2D eigenvalue weighted by atomic mass is 32.1. The van der Waals surface area contributed by atoms with E-state index in [0.717, 1.165) is 29.5 Å². The minimum Gasteiger partial charge on any atom is -0.484 e. The Hall–Kier alpha value is -1.91. The highest BCUT2D eigenvalue weighted by molar-refractivity contribution is 7.10. The molecule has 0 saturated heterocycles. The lowest BCUT2D eigenvalue weighted by atomic mass is 10.1. The van der Waals surface area contributed by atoms with Crippen LogP contribution in [0.4, 0.5) is 0 Å². The summed E-state index contributed by atoms with van der Waals surface area (Å²) in [5.74, 6) is 0.898. The first-order valence-corrected chi connectivity index (χ1v) is 7.94. The maximum absolute atomic E-state index is 6.30. The number of hydrogen-bond donors (Lipinski definition) is 1. The Kier molecular flexibility index (Phi) is 4.48. The van der Waals surface area contributed by atoms with E-state index in [0.29, 0.717) is 0 Å². The van der Waals surface area contributed by atoms with Crippen LogP contribution >= 0.6 is 11.3 Å². The number of hydrogen-bond acceptors (Lipinski definition) is 4. The maximum Gasteiger partial charge on any atom is 0.134 e. The molecule has 1 N–H and O–H groups in total. The van der Waals surface area contributed by atoms with Crippen molar-refractivity contribution in [3.8, 4) is 5.75 Å². The van der Waals surface area contributed by atoms with Gasteiger partial charge in [0.1, 0.15) is 11.9 Å². The number of benzene rings is 1. The standard InChI is InChI=1S/C17H18N2OS/c1-18-9-8-16(17-6-3-11-21-17)20-15-5-2-4-13-7-10-19-12-14(13)15/h2-7,10-12,16,18H,8-9H2,1H3/t16-/m1/s1. The smallest absolute Gasteiger partial charge is 0.134 e. The fourth-order valence-corrected chi connectivity index (χ4v) is 3.14. The fourth-order valence-electron chi connectivity index (χ4n) is 2.35. The summed E-state index contributed by atoms with van der Waals surface area (Å²) in [6.45, 7) is 0.922. The number of nitrogens with one attached hydrogen (secondary N) is 1. The van der Waals surface area contributed by atoms with Gasteiger partial charge in [0.25, 0.3) is 0 Å². The van der Waals surface area contributed by atoms with Gasteiger partial charge in [0.2, 0.25) is 0 Å².